The maximum absolute atomic E-state index is 10.8. The second-order valence-corrected chi connectivity index (χ2v) is 5.79. The summed E-state index contributed by atoms with van der Waals surface area (Å²) in [4.78, 5) is 0.995. The molecule has 0 aliphatic carbocycles. The molecular weight excluding hydrogens is 256 g/mol. The van der Waals surface area contributed by atoms with Crippen LogP contribution >= 0.6 is 11.3 Å². The minimum Gasteiger partial charge on any atom is -0.494 e. The van der Waals surface area contributed by atoms with E-state index in [9.17, 15) is 5.11 Å². The third-order valence-electron chi connectivity index (χ3n) is 3.19. The predicted octanol–water partition coefficient (Wildman–Crippen LogP) is 4.10. The molecule has 1 unspecified atom stereocenters. The van der Waals surface area contributed by atoms with E-state index in [0.717, 1.165) is 34.8 Å². The van der Waals surface area contributed by atoms with Gasteiger partial charge in [0.25, 0.3) is 0 Å². The molecule has 1 aromatic carbocycles. The van der Waals surface area contributed by atoms with Crippen molar-refractivity contribution in [3.05, 3.63) is 51.7 Å². The zero-order valence-electron chi connectivity index (χ0n) is 11.6. The number of aryl methyl sites for hydroxylation is 1. The van der Waals surface area contributed by atoms with Crippen LogP contribution in [0, 0.1) is 6.92 Å². The molecule has 102 valence electrons. The van der Waals surface area contributed by atoms with E-state index < -0.39 is 5.60 Å². The van der Waals surface area contributed by atoms with Crippen molar-refractivity contribution in [3.8, 4) is 5.75 Å². The SMILES string of the molecule is CCCOc1ccc(C(C)(O)c2sccc2C)cc1. The van der Waals surface area contributed by atoms with Gasteiger partial charge in [0.05, 0.1) is 6.61 Å². The van der Waals surface area contributed by atoms with Gasteiger partial charge in [-0.3, -0.25) is 0 Å². The lowest BCUT2D eigenvalue weighted by Crippen LogP contribution is -2.22. The second kappa shape index (κ2) is 5.76. The Morgan fingerprint density at radius 2 is 1.89 bits per heavy atom. The molecule has 0 amide bonds. The number of hydrogen-bond acceptors (Lipinski definition) is 3. The Balaban J connectivity index is 2.24. The first-order valence-corrected chi connectivity index (χ1v) is 7.44. The average molecular weight is 276 g/mol. The third kappa shape index (κ3) is 2.99. The first-order valence-electron chi connectivity index (χ1n) is 6.56. The highest BCUT2D eigenvalue weighted by atomic mass is 32.1. The number of thiophene rings is 1. The van der Waals surface area contributed by atoms with Gasteiger partial charge in [-0.15, -0.1) is 11.3 Å². The molecule has 2 aromatic rings. The van der Waals surface area contributed by atoms with Crippen molar-refractivity contribution >= 4 is 11.3 Å². The molecule has 1 N–H and O–H groups in total. The van der Waals surface area contributed by atoms with Gasteiger partial charge in [-0.05, 0) is 55.0 Å². The molecule has 0 saturated heterocycles. The van der Waals surface area contributed by atoms with Crippen LogP contribution in [0.4, 0.5) is 0 Å². The van der Waals surface area contributed by atoms with E-state index in [1.165, 1.54) is 0 Å². The van der Waals surface area contributed by atoms with Gasteiger partial charge < -0.3 is 9.84 Å². The quantitative estimate of drug-likeness (QED) is 0.891. The van der Waals surface area contributed by atoms with Crippen LogP contribution in [-0.2, 0) is 5.60 Å². The van der Waals surface area contributed by atoms with Crippen LogP contribution in [-0.4, -0.2) is 11.7 Å². The van der Waals surface area contributed by atoms with Crippen molar-refractivity contribution in [2.45, 2.75) is 32.8 Å². The van der Waals surface area contributed by atoms with Gasteiger partial charge in [-0.2, -0.15) is 0 Å². The van der Waals surface area contributed by atoms with Gasteiger partial charge in [0.1, 0.15) is 11.4 Å². The van der Waals surface area contributed by atoms with Gasteiger partial charge in [-0.1, -0.05) is 19.1 Å². The van der Waals surface area contributed by atoms with Gasteiger partial charge >= 0.3 is 0 Å². The van der Waals surface area contributed by atoms with E-state index in [4.69, 9.17) is 4.74 Å². The molecule has 2 rings (SSSR count). The normalized spacial score (nSPS) is 14.1. The van der Waals surface area contributed by atoms with Crippen LogP contribution in [0.1, 0.15) is 36.3 Å². The molecule has 1 heterocycles. The van der Waals surface area contributed by atoms with Crippen molar-refractivity contribution in [2.75, 3.05) is 6.61 Å². The summed E-state index contributed by atoms with van der Waals surface area (Å²) in [5.74, 6) is 0.851. The number of ether oxygens (including phenoxy) is 1. The van der Waals surface area contributed by atoms with Crippen LogP contribution in [0.2, 0.25) is 0 Å². The summed E-state index contributed by atoms with van der Waals surface area (Å²) in [6.45, 7) is 6.67. The molecule has 0 aliphatic heterocycles. The number of benzene rings is 1. The summed E-state index contributed by atoms with van der Waals surface area (Å²) >= 11 is 1.59. The molecular formula is C16H20O2S. The molecule has 0 aliphatic rings. The van der Waals surface area contributed by atoms with E-state index in [-0.39, 0.29) is 0 Å². The van der Waals surface area contributed by atoms with Gasteiger partial charge in [0.2, 0.25) is 0 Å². The Morgan fingerprint density at radius 3 is 2.42 bits per heavy atom. The Kier molecular flexibility index (Phi) is 4.27. The van der Waals surface area contributed by atoms with Crippen molar-refractivity contribution in [1.29, 1.82) is 0 Å². The largest absolute Gasteiger partial charge is 0.494 e. The van der Waals surface area contributed by atoms with E-state index in [1.807, 2.05) is 49.6 Å². The number of rotatable bonds is 5. The molecule has 0 radical (unpaired) electrons. The van der Waals surface area contributed by atoms with E-state index in [2.05, 4.69) is 6.92 Å². The minimum atomic E-state index is -0.943. The summed E-state index contributed by atoms with van der Waals surface area (Å²) in [5.41, 5.74) is 1.07. The Hall–Kier alpha value is -1.32. The summed E-state index contributed by atoms with van der Waals surface area (Å²) in [5, 5.41) is 12.8. The highest BCUT2D eigenvalue weighted by molar-refractivity contribution is 7.10. The van der Waals surface area contributed by atoms with Crippen molar-refractivity contribution in [3.63, 3.8) is 0 Å². The molecule has 19 heavy (non-hydrogen) atoms. The predicted molar refractivity (Wildman–Crippen MR) is 80.0 cm³/mol. The second-order valence-electron chi connectivity index (χ2n) is 4.88. The first kappa shape index (κ1) is 14.1. The van der Waals surface area contributed by atoms with Gasteiger partial charge in [0.15, 0.2) is 0 Å². The lowest BCUT2D eigenvalue weighted by atomic mass is 9.92. The lowest BCUT2D eigenvalue weighted by molar-refractivity contribution is 0.105. The number of aliphatic hydroxyl groups is 1. The average Bonchev–Trinajstić information content (AvgIpc) is 2.84. The molecule has 0 saturated carbocycles. The fourth-order valence-electron chi connectivity index (χ4n) is 2.10. The summed E-state index contributed by atoms with van der Waals surface area (Å²) in [6, 6.07) is 9.74. The van der Waals surface area contributed by atoms with Crippen molar-refractivity contribution < 1.29 is 9.84 Å². The molecule has 3 heteroatoms. The Labute approximate surface area is 118 Å². The molecule has 0 spiro atoms. The molecule has 0 bridgehead atoms. The van der Waals surface area contributed by atoms with Gasteiger partial charge in [-0.25, -0.2) is 0 Å². The molecule has 0 fully saturated rings. The monoisotopic (exact) mass is 276 g/mol. The topological polar surface area (TPSA) is 29.5 Å². The fraction of sp³-hybridized carbons (Fsp3) is 0.375. The summed E-state index contributed by atoms with van der Waals surface area (Å²) in [7, 11) is 0. The lowest BCUT2D eigenvalue weighted by Gasteiger charge is -2.24. The smallest absolute Gasteiger partial charge is 0.121 e. The number of hydrogen-bond donors (Lipinski definition) is 1. The highest BCUT2D eigenvalue weighted by Gasteiger charge is 2.28. The van der Waals surface area contributed by atoms with Crippen LogP contribution in [0.25, 0.3) is 0 Å². The van der Waals surface area contributed by atoms with E-state index >= 15 is 0 Å². The zero-order chi connectivity index (χ0) is 13.9. The maximum Gasteiger partial charge on any atom is 0.121 e. The van der Waals surface area contributed by atoms with Crippen molar-refractivity contribution in [2.24, 2.45) is 0 Å². The fourth-order valence-corrected chi connectivity index (χ4v) is 3.11. The van der Waals surface area contributed by atoms with E-state index in [1.54, 1.807) is 11.3 Å². The molecule has 1 aromatic heterocycles. The summed E-state index contributed by atoms with van der Waals surface area (Å²) < 4.78 is 5.56. The molecule has 1 atom stereocenters. The van der Waals surface area contributed by atoms with Crippen LogP contribution in [0.15, 0.2) is 35.7 Å². The van der Waals surface area contributed by atoms with Crippen LogP contribution < -0.4 is 4.74 Å². The van der Waals surface area contributed by atoms with Crippen LogP contribution in [0.5, 0.6) is 5.75 Å². The Morgan fingerprint density at radius 1 is 1.21 bits per heavy atom. The van der Waals surface area contributed by atoms with Crippen LogP contribution in [0.3, 0.4) is 0 Å². The third-order valence-corrected chi connectivity index (χ3v) is 4.42. The first-order chi connectivity index (χ1) is 9.05. The molecule has 2 nitrogen and oxygen atoms in total. The van der Waals surface area contributed by atoms with E-state index in [0.29, 0.717) is 0 Å². The maximum atomic E-state index is 10.8. The zero-order valence-corrected chi connectivity index (χ0v) is 12.5. The standard InChI is InChI=1S/C16H20O2S/c1-4-10-18-14-7-5-13(6-8-14)16(3,17)15-12(2)9-11-19-15/h5-9,11,17H,4,10H2,1-3H3. The highest BCUT2D eigenvalue weighted by Crippen LogP contribution is 2.35. The van der Waals surface area contributed by atoms with Crippen molar-refractivity contribution in [1.82, 2.24) is 0 Å². The Bertz CT molecular complexity index is 526. The van der Waals surface area contributed by atoms with Gasteiger partial charge in [0, 0.05) is 4.88 Å². The summed E-state index contributed by atoms with van der Waals surface area (Å²) in [6.07, 6.45) is 0.994. The minimum absolute atomic E-state index is 0.722.